The normalized spacial score (nSPS) is 12.0. The van der Waals surface area contributed by atoms with E-state index in [-0.39, 0.29) is 24.9 Å². The highest BCUT2D eigenvalue weighted by molar-refractivity contribution is 6.27. The predicted molar refractivity (Wildman–Crippen MR) is 122 cm³/mol. The van der Waals surface area contributed by atoms with Crippen molar-refractivity contribution in [1.29, 1.82) is 0 Å². The highest BCUT2D eigenvalue weighted by Gasteiger charge is 2.12. The van der Waals surface area contributed by atoms with E-state index in [2.05, 4.69) is 5.32 Å². The zero-order valence-corrected chi connectivity index (χ0v) is 19.4. The summed E-state index contributed by atoms with van der Waals surface area (Å²) in [6.07, 6.45) is -1.48. The van der Waals surface area contributed by atoms with Crippen molar-refractivity contribution >= 4 is 17.5 Å². The number of methoxy groups -OCH3 is 4. The zero-order valence-electron chi connectivity index (χ0n) is 18.6. The molecule has 0 saturated carbocycles. The molecule has 0 aliphatic carbocycles. The van der Waals surface area contributed by atoms with Crippen molar-refractivity contribution in [3.63, 3.8) is 0 Å². The van der Waals surface area contributed by atoms with Gasteiger partial charge >= 0.3 is 0 Å². The van der Waals surface area contributed by atoms with E-state index in [1.165, 1.54) is 14.2 Å². The Hall–Kier alpha value is -2.72. The average molecular weight is 471 g/mol. The molecule has 2 atom stereocenters. The van der Waals surface area contributed by atoms with E-state index in [1.54, 1.807) is 50.6 Å². The maximum Gasteiger partial charge on any atom is 0.235 e. The van der Waals surface area contributed by atoms with E-state index in [1.807, 2.05) is 0 Å². The molecule has 32 heavy (non-hydrogen) atoms. The fourth-order valence-electron chi connectivity index (χ4n) is 2.63. The van der Waals surface area contributed by atoms with E-state index in [0.717, 1.165) is 5.56 Å². The van der Waals surface area contributed by atoms with Gasteiger partial charge in [-0.25, -0.2) is 0 Å². The number of halogens is 1. The summed E-state index contributed by atoms with van der Waals surface area (Å²) in [5, 5.41) is 21.9. The van der Waals surface area contributed by atoms with Crippen molar-refractivity contribution in [1.82, 2.24) is 5.32 Å². The van der Waals surface area contributed by atoms with Gasteiger partial charge in [0, 0.05) is 13.1 Å². The maximum atomic E-state index is 11.0. The predicted octanol–water partition coefficient (Wildman–Crippen LogP) is 1.79. The van der Waals surface area contributed by atoms with Crippen LogP contribution in [-0.2, 0) is 4.79 Å². The van der Waals surface area contributed by atoms with Crippen molar-refractivity contribution in [3.05, 3.63) is 47.5 Å². The first-order valence-electron chi connectivity index (χ1n) is 9.67. The quantitative estimate of drug-likeness (QED) is 0.386. The van der Waals surface area contributed by atoms with Gasteiger partial charge in [0.1, 0.15) is 5.88 Å². The van der Waals surface area contributed by atoms with E-state index >= 15 is 0 Å². The van der Waals surface area contributed by atoms with Crippen molar-refractivity contribution in [3.8, 4) is 23.0 Å². The molecule has 0 spiro atoms. The van der Waals surface area contributed by atoms with Crippen molar-refractivity contribution in [2.75, 3.05) is 47.4 Å². The second-order valence-corrected chi connectivity index (χ2v) is 6.70. The van der Waals surface area contributed by atoms with Gasteiger partial charge in [0.05, 0.1) is 40.6 Å². The summed E-state index contributed by atoms with van der Waals surface area (Å²) in [7, 11) is 6.17. The lowest BCUT2D eigenvalue weighted by atomic mass is 10.1. The van der Waals surface area contributed by atoms with Crippen LogP contribution in [0.2, 0.25) is 0 Å². The molecule has 0 bridgehead atoms. The number of rotatable bonds is 10. The van der Waals surface area contributed by atoms with Gasteiger partial charge in [-0.15, -0.1) is 11.6 Å². The molecule has 1 amide bonds. The van der Waals surface area contributed by atoms with Crippen LogP contribution in [0.1, 0.15) is 23.3 Å². The van der Waals surface area contributed by atoms with Crippen LogP contribution < -0.4 is 30.0 Å². The highest BCUT2D eigenvalue weighted by Crippen LogP contribution is 2.30. The number of carbonyl (C=O) groups excluding carboxylic acids is 1. The molecule has 5 N–H and O–H groups in total. The van der Waals surface area contributed by atoms with E-state index < -0.39 is 12.2 Å². The summed E-state index contributed by atoms with van der Waals surface area (Å²) in [5.41, 5.74) is 6.70. The van der Waals surface area contributed by atoms with Gasteiger partial charge in [0.2, 0.25) is 5.91 Å². The van der Waals surface area contributed by atoms with Crippen LogP contribution in [0.4, 0.5) is 0 Å². The third-order valence-corrected chi connectivity index (χ3v) is 4.66. The minimum absolute atomic E-state index is 0.0983. The summed E-state index contributed by atoms with van der Waals surface area (Å²) >= 11 is 5.34. The minimum atomic E-state index is -0.822. The molecular formula is C22H31ClN2O7. The monoisotopic (exact) mass is 470 g/mol. The largest absolute Gasteiger partial charge is 0.493 e. The Kier molecular flexibility index (Phi) is 12.3. The van der Waals surface area contributed by atoms with Crippen molar-refractivity contribution < 1.29 is 34.0 Å². The molecule has 178 valence electrons. The molecule has 0 fully saturated rings. The molecule has 10 heteroatoms. The summed E-state index contributed by atoms with van der Waals surface area (Å²) in [5.74, 6) is 1.89. The molecular weight excluding hydrogens is 440 g/mol. The number of benzene rings is 2. The van der Waals surface area contributed by atoms with Gasteiger partial charge < -0.3 is 40.2 Å². The summed E-state index contributed by atoms with van der Waals surface area (Å²) in [6.45, 7) is 0.288. The number of aliphatic hydroxyl groups is 2. The first-order valence-corrected chi connectivity index (χ1v) is 10.2. The molecule has 0 saturated heterocycles. The molecule has 0 heterocycles. The second-order valence-electron chi connectivity index (χ2n) is 6.43. The number of nitrogens with two attached hydrogens (primary N) is 1. The zero-order chi connectivity index (χ0) is 24.1. The molecule has 2 rings (SSSR count). The van der Waals surface area contributed by atoms with Crippen LogP contribution in [-0.4, -0.2) is 63.5 Å². The highest BCUT2D eigenvalue weighted by atomic mass is 35.5. The average Bonchev–Trinajstić information content (AvgIpc) is 2.85. The van der Waals surface area contributed by atoms with E-state index in [0.29, 0.717) is 28.6 Å². The topological polar surface area (TPSA) is 132 Å². The number of hydrogen-bond donors (Lipinski definition) is 4. The van der Waals surface area contributed by atoms with Gasteiger partial charge in [0.15, 0.2) is 23.0 Å². The van der Waals surface area contributed by atoms with Crippen LogP contribution in [0.15, 0.2) is 36.4 Å². The third kappa shape index (κ3) is 8.08. The second kappa shape index (κ2) is 14.4. The molecule has 2 aromatic rings. The van der Waals surface area contributed by atoms with Crippen LogP contribution in [0.5, 0.6) is 23.0 Å². The Morgan fingerprint density at radius 2 is 1.31 bits per heavy atom. The Bertz CT molecular complexity index is 851. The van der Waals surface area contributed by atoms with Gasteiger partial charge in [0.25, 0.3) is 0 Å². The van der Waals surface area contributed by atoms with Crippen LogP contribution in [0, 0.1) is 0 Å². The lowest BCUT2D eigenvalue weighted by Crippen LogP contribution is -2.29. The van der Waals surface area contributed by atoms with Crippen LogP contribution >= 0.6 is 11.6 Å². The van der Waals surface area contributed by atoms with Gasteiger partial charge in [-0.05, 0) is 35.4 Å². The minimum Gasteiger partial charge on any atom is -0.493 e. The molecule has 0 aromatic heterocycles. The van der Waals surface area contributed by atoms with Gasteiger partial charge in [-0.3, -0.25) is 4.79 Å². The molecule has 0 aliphatic rings. The summed E-state index contributed by atoms with van der Waals surface area (Å²) in [4.78, 5) is 11.0. The first-order chi connectivity index (χ1) is 15.3. The standard InChI is InChI=1S/C12H16ClNO4.C10H15NO3/c1-17-10-4-3-8(5-11(10)18-2)9(15)7-14-12(16)6-13;1-13-9-4-3-7(8(12)6-11)5-10(9)14-2/h3-5,9,15H,6-7H2,1-2H3,(H,14,16);3-5,8,12H,6,11H2,1-2H3. The van der Waals surface area contributed by atoms with E-state index in [9.17, 15) is 15.0 Å². The van der Waals surface area contributed by atoms with Crippen molar-refractivity contribution in [2.24, 2.45) is 5.73 Å². The fraction of sp³-hybridized carbons (Fsp3) is 0.409. The lowest BCUT2D eigenvalue weighted by molar-refractivity contribution is -0.119. The molecule has 0 radical (unpaired) electrons. The Balaban J connectivity index is 0.000000330. The number of hydrogen-bond acceptors (Lipinski definition) is 8. The first kappa shape index (κ1) is 27.3. The SMILES string of the molecule is COc1ccc(C(O)CN)cc1OC.COc1ccc(C(O)CNC(=O)CCl)cc1OC. The van der Waals surface area contributed by atoms with Gasteiger partial charge in [-0.1, -0.05) is 12.1 Å². The van der Waals surface area contributed by atoms with Crippen LogP contribution in [0.25, 0.3) is 0 Å². The number of amides is 1. The molecule has 2 aromatic carbocycles. The van der Waals surface area contributed by atoms with Crippen molar-refractivity contribution in [2.45, 2.75) is 12.2 Å². The molecule has 9 nitrogen and oxygen atoms in total. The molecule has 2 unspecified atom stereocenters. The Morgan fingerprint density at radius 1 is 0.875 bits per heavy atom. The number of alkyl halides is 1. The number of nitrogens with one attached hydrogen (secondary N) is 1. The maximum absolute atomic E-state index is 11.0. The number of carbonyl (C=O) groups is 1. The third-order valence-electron chi connectivity index (χ3n) is 4.42. The number of ether oxygens (including phenoxy) is 4. The Labute approximate surface area is 193 Å². The summed E-state index contributed by atoms with van der Waals surface area (Å²) in [6, 6.07) is 10.3. The summed E-state index contributed by atoms with van der Waals surface area (Å²) < 4.78 is 20.4. The smallest absolute Gasteiger partial charge is 0.235 e. The van der Waals surface area contributed by atoms with E-state index in [4.69, 9.17) is 36.3 Å². The van der Waals surface area contributed by atoms with Crippen LogP contribution in [0.3, 0.4) is 0 Å². The molecule has 0 aliphatic heterocycles. The number of aliphatic hydroxyl groups excluding tert-OH is 2. The fourth-order valence-corrected chi connectivity index (χ4v) is 2.73. The lowest BCUT2D eigenvalue weighted by Gasteiger charge is -2.14. The Morgan fingerprint density at radius 3 is 1.69 bits per heavy atom. The van der Waals surface area contributed by atoms with Gasteiger partial charge in [-0.2, -0.15) is 0 Å².